The topological polar surface area (TPSA) is 40.6 Å². The molecule has 0 N–H and O–H groups in total. The van der Waals surface area contributed by atoms with Gasteiger partial charge in [-0.2, -0.15) is 0 Å². The van der Waals surface area contributed by atoms with Gasteiger partial charge in [0.1, 0.15) is 10.9 Å². The molecule has 0 aromatic heterocycles. The van der Waals surface area contributed by atoms with Gasteiger partial charge < -0.3 is 4.90 Å². The van der Waals surface area contributed by atoms with Crippen molar-refractivity contribution in [2.24, 2.45) is 0 Å². The standard InChI is InChI=1S/C18H22N2O2S2/c1-3-10-19(11-4-2)16(21)13-20-17(22)15(24-18(20)23)12-14-8-6-5-7-9-14/h5-9,12H,3-4,10-11,13H2,1-2H3. The minimum atomic E-state index is -0.185. The summed E-state index contributed by atoms with van der Waals surface area (Å²) in [6.45, 7) is 5.52. The second kappa shape index (κ2) is 8.99. The Labute approximate surface area is 152 Å². The number of hydrogen-bond donors (Lipinski definition) is 0. The van der Waals surface area contributed by atoms with E-state index in [1.54, 1.807) is 4.90 Å². The Balaban J connectivity index is 2.09. The smallest absolute Gasteiger partial charge is 0.266 e. The van der Waals surface area contributed by atoms with E-state index in [0.29, 0.717) is 22.3 Å². The van der Waals surface area contributed by atoms with E-state index in [9.17, 15) is 9.59 Å². The van der Waals surface area contributed by atoms with Gasteiger partial charge in [0.15, 0.2) is 0 Å². The molecule has 0 spiro atoms. The first kappa shape index (κ1) is 18.7. The molecule has 0 unspecified atom stereocenters. The molecule has 6 heteroatoms. The number of thioether (sulfide) groups is 1. The second-order valence-electron chi connectivity index (χ2n) is 5.56. The predicted molar refractivity (Wildman–Crippen MR) is 103 cm³/mol. The van der Waals surface area contributed by atoms with Crippen LogP contribution in [0.15, 0.2) is 35.2 Å². The average molecular weight is 363 g/mol. The number of nitrogens with zero attached hydrogens (tertiary/aromatic N) is 2. The van der Waals surface area contributed by atoms with E-state index >= 15 is 0 Å². The largest absolute Gasteiger partial charge is 0.341 e. The van der Waals surface area contributed by atoms with E-state index in [1.807, 2.05) is 50.3 Å². The van der Waals surface area contributed by atoms with E-state index < -0.39 is 0 Å². The fourth-order valence-electron chi connectivity index (χ4n) is 2.47. The molecular weight excluding hydrogens is 340 g/mol. The molecule has 2 rings (SSSR count). The molecule has 128 valence electrons. The first-order valence-corrected chi connectivity index (χ1v) is 9.37. The fraction of sp³-hybridized carbons (Fsp3) is 0.389. The first-order chi connectivity index (χ1) is 11.6. The number of carbonyl (C=O) groups is 2. The summed E-state index contributed by atoms with van der Waals surface area (Å²) >= 11 is 6.56. The van der Waals surface area contributed by atoms with Crippen molar-refractivity contribution in [3.05, 3.63) is 40.8 Å². The average Bonchev–Trinajstić information content (AvgIpc) is 2.83. The third-order valence-corrected chi connectivity index (χ3v) is 4.98. The Hall–Kier alpha value is -1.66. The molecule has 2 amide bonds. The van der Waals surface area contributed by atoms with Crippen LogP contribution < -0.4 is 0 Å². The van der Waals surface area contributed by atoms with Gasteiger partial charge >= 0.3 is 0 Å². The zero-order valence-electron chi connectivity index (χ0n) is 14.0. The van der Waals surface area contributed by atoms with Gasteiger partial charge in [-0.1, -0.05) is 68.2 Å². The number of thiocarbonyl (C=S) groups is 1. The summed E-state index contributed by atoms with van der Waals surface area (Å²) in [6.07, 6.45) is 3.62. The Morgan fingerprint density at radius 1 is 1.21 bits per heavy atom. The third-order valence-electron chi connectivity index (χ3n) is 3.60. The van der Waals surface area contributed by atoms with Crippen molar-refractivity contribution in [1.29, 1.82) is 0 Å². The molecule has 1 aliphatic rings. The minimum absolute atomic E-state index is 0.0246. The predicted octanol–water partition coefficient (Wildman–Crippen LogP) is 3.54. The minimum Gasteiger partial charge on any atom is -0.341 e. The molecule has 0 saturated carbocycles. The van der Waals surface area contributed by atoms with Crippen molar-refractivity contribution in [3.63, 3.8) is 0 Å². The summed E-state index contributed by atoms with van der Waals surface area (Å²) in [5.41, 5.74) is 0.947. The van der Waals surface area contributed by atoms with Crippen LogP contribution in [0, 0.1) is 0 Å². The Morgan fingerprint density at radius 3 is 2.42 bits per heavy atom. The Morgan fingerprint density at radius 2 is 1.83 bits per heavy atom. The molecule has 0 bridgehead atoms. The molecule has 1 aromatic carbocycles. The molecule has 24 heavy (non-hydrogen) atoms. The van der Waals surface area contributed by atoms with Crippen LogP contribution >= 0.6 is 24.0 Å². The quantitative estimate of drug-likeness (QED) is 0.549. The molecule has 0 atom stereocenters. The maximum atomic E-state index is 12.6. The summed E-state index contributed by atoms with van der Waals surface area (Å²) in [5.74, 6) is -0.230. The number of rotatable bonds is 7. The van der Waals surface area contributed by atoms with Crippen LogP contribution in [0.2, 0.25) is 0 Å². The summed E-state index contributed by atoms with van der Waals surface area (Å²) in [7, 11) is 0. The zero-order valence-corrected chi connectivity index (χ0v) is 15.7. The van der Waals surface area contributed by atoms with Crippen molar-refractivity contribution < 1.29 is 9.59 Å². The van der Waals surface area contributed by atoms with Crippen molar-refractivity contribution >= 4 is 46.2 Å². The molecule has 1 saturated heterocycles. The lowest BCUT2D eigenvalue weighted by atomic mass is 10.2. The van der Waals surface area contributed by atoms with Crippen molar-refractivity contribution in [2.75, 3.05) is 19.6 Å². The molecule has 0 radical (unpaired) electrons. The highest BCUT2D eigenvalue weighted by atomic mass is 32.2. The molecule has 4 nitrogen and oxygen atoms in total. The van der Waals surface area contributed by atoms with E-state index in [-0.39, 0.29) is 18.4 Å². The number of hydrogen-bond acceptors (Lipinski definition) is 4. The maximum absolute atomic E-state index is 12.6. The highest BCUT2D eigenvalue weighted by Gasteiger charge is 2.34. The lowest BCUT2D eigenvalue weighted by Gasteiger charge is -2.24. The summed E-state index contributed by atoms with van der Waals surface area (Å²) in [5, 5.41) is 0. The Kier molecular flexibility index (Phi) is 6.99. The van der Waals surface area contributed by atoms with Gasteiger partial charge in [-0.05, 0) is 24.5 Å². The normalized spacial score (nSPS) is 16.1. The van der Waals surface area contributed by atoms with Crippen molar-refractivity contribution in [3.8, 4) is 0 Å². The van der Waals surface area contributed by atoms with Gasteiger partial charge in [0.05, 0.1) is 4.91 Å². The molecule has 1 heterocycles. The lowest BCUT2D eigenvalue weighted by Crippen LogP contribution is -2.42. The van der Waals surface area contributed by atoms with Gasteiger partial charge in [-0.15, -0.1) is 0 Å². The van der Waals surface area contributed by atoms with Crippen LogP contribution in [-0.4, -0.2) is 45.6 Å². The molecular formula is C18H22N2O2S2. The van der Waals surface area contributed by atoms with Crippen LogP contribution in [0.5, 0.6) is 0 Å². The third kappa shape index (κ3) is 4.68. The van der Waals surface area contributed by atoms with Gasteiger partial charge in [-0.3, -0.25) is 14.5 Å². The lowest BCUT2D eigenvalue weighted by molar-refractivity contribution is -0.135. The van der Waals surface area contributed by atoms with Gasteiger partial charge in [0.2, 0.25) is 5.91 Å². The fourth-order valence-corrected chi connectivity index (χ4v) is 3.73. The zero-order chi connectivity index (χ0) is 17.5. The van der Waals surface area contributed by atoms with Gasteiger partial charge in [-0.25, -0.2) is 0 Å². The second-order valence-corrected chi connectivity index (χ2v) is 7.24. The van der Waals surface area contributed by atoms with E-state index in [2.05, 4.69) is 0 Å². The van der Waals surface area contributed by atoms with Crippen LogP contribution in [0.3, 0.4) is 0 Å². The summed E-state index contributed by atoms with van der Waals surface area (Å²) in [4.78, 5) is 28.8. The summed E-state index contributed by atoms with van der Waals surface area (Å²) in [6, 6.07) is 9.63. The van der Waals surface area contributed by atoms with Crippen molar-refractivity contribution in [1.82, 2.24) is 9.80 Å². The molecule has 1 fully saturated rings. The van der Waals surface area contributed by atoms with Crippen LogP contribution in [0.1, 0.15) is 32.3 Å². The summed E-state index contributed by atoms with van der Waals surface area (Å²) < 4.78 is 0.448. The molecule has 0 aliphatic carbocycles. The van der Waals surface area contributed by atoms with E-state index in [1.165, 1.54) is 16.7 Å². The van der Waals surface area contributed by atoms with Crippen molar-refractivity contribution in [2.45, 2.75) is 26.7 Å². The first-order valence-electron chi connectivity index (χ1n) is 8.15. The van der Waals surface area contributed by atoms with Crippen LogP contribution in [0.25, 0.3) is 6.08 Å². The highest BCUT2D eigenvalue weighted by Crippen LogP contribution is 2.32. The van der Waals surface area contributed by atoms with E-state index in [4.69, 9.17) is 12.2 Å². The van der Waals surface area contributed by atoms with Crippen LogP contribution in [0.4, 0.5) is 0 Å². The van der Waals surface area contributed by atoms with Crippen LogP contribution in [-0.2, 0) is 9.59 Å². The maximum Gasteiger partial charge on any atom is 0.266 e. The number of amides is 2. The van der Waals surface area contributed by atoms with Gasteiger partial charge in [0, 0.05) is 13.1 Å². The monoisotopic (exact) mass is 362 g/mol. The highest BCUT2D eigenvalue weighted by molar-refractivity contribution is 8.26. The SMILES string of the molecule is CCCN(CCC)C(=O)CN1C(=O)C(=Cc2ccccc2)SC1=S. The number of benzene rings is 1. The number of carbonyl (C=O) groups excluding carboxylic acids is 2. The van der Waals surface area contributed by atoms with Gasteiger partial charge in [0.25, 0.3) is 5.91 Å². The molecule has 1 aliphatic heterocycles. The van der Waals surface area contributed by atoms with E-state index in [0.717, 1.165) is 18.4 Å². The Bertz CT molecular complexity index is 638. The molecule has 1 aromatic rings.